The minimum atomic E-state index is 0.645. The van der Waals surface area contributed by atoms with Crippen LogP contribution in [0.25, 0.3) is 10.9 Å². The maximum atomic E-state index is 5.83. The first kappa shape index (κ1) is 13.1. The Labute approximate surface area is 118 Å². The maximum Gasteiger partial charge on any atom is 0.224 e. The molecule has 1 aromatic heterocycles. The zero-order valence-electron chi connectivity index (χ0n) is 11.6. The second kappa shape index (κ2) is 6.05. The third kappa shape index (κ3) is 2.99. The van der Waals surface area contributed by atoms with Crippen LogP contribution in [-0.4, -0.2) is 41.1 Å². The summed E-state index contributed by atoms with van der Waals surface area (Å²) < 4.78 is 5.83. The Kier molecular flexibility index (Phi) is 3.97. The lowest BCUT2D eigenvalue weighted by Gasteiger charge is -2.26. The number of benzene rings is 1. The molecular weight excluding hydrogens is 252 g/mol. The molecule has 2 aromatic rings. The zero-order chi connectivity index (χ0) is 13.8. The van der Waals surface area contributed by atoms with Crippen molar-refractivity contribution in [3.8, 4) is 5.88 Å². The van der Waals surface area contributed by atoms with Gasteiger partial charge in [-0.2, -0.15) is 0 Å². The van der Waals surface area contributed by atoms with Crippen LogP contribution < -0.4 is 10.5 Å². The van der Waals surface area contributed by atoms with Crippen molar-refractivity contribution in [3.05, 3.63) is 24.5 Å². The highest BCUT2D eigenvalue weighted by molar-refractivity contribution is 5.85. The highest BCUT2D eigenvalue weighted by atomic mass is 16.5. The van der Waals surface area contributed by atoms with Gasteiger partial charge in [-0.15, -0.1) is 0 Å². The molecule has 5 heteroatoms. The van der Waals surface area contributed by atoms with E-state index in [1.165, 1.54) is 38.7 Å². The number of nitrogen functional groups attached to an aromatic ring is 1. The first-order chi connectivity index (χ1) is 9.83. The number of hydrogen-bond acceptors (Lipinski definition) is 5. The van der Waals surface area contributed by atoms with Crippen LogP contribution in [0.4, 0.5) is 5.69 Å². The van der Waals surface area contributed by atoms with Gasteiger partial charge in [-0.3, -0.25) is 4.90 Å². The van der Waals surface area contributed by atoms with Crippen molar-refractivity contribution in [1.82, 2.24) is 14.9 Å². The van der Waals surface area contributed by atoms with Crippen molar-refractivity contribution in [2.75, 3.05) is 32.0 Å². The number of rotatable bonds is 4. The molecule has 1 saturated heterocycles. The molecule has 0 radical (unpaired) electrons. The van der Waals surface area contributed by atoms with E-state index in [9.17, 15) is 0 Å². The summed E-state index contributed by atoms with van der Waals surface area (Å²) in [4.78, 5) is 10.9. The molecule has 5 nitrogen and oxygen atoms in total. The standard InChI is InChI=1S/C15H20N4O/c16-12-4-5-13-14(10-12)17-11-18-15(13)20-9-8-19-6-2-1-3-7-19/h4-5,10-11H,1-3,6-9,16H2. The Morgan fingerprint density at radius 2 is 2.00 bits per heavy atom. The van der Waals surface area contributed by atoms with Crippen LogP contribution in [0.3, 0.4) is 0 Å². The largest absolute Gasteiger partial charge is 0.476 e. The monoisotopic (exact) mass is 272 g/mol. The van der Waals surface area contributed by atoms with E-state index in [2.05, 4.69) is 14.9 Å². The highest BCUT2D eigenvalue weighted by Crippen LogP contribution is 2.23. The zero-order valence-corrected chi connectivity index (χ0v) is 11.6. The minimum Gasteiger partial charge on any atom is -0.476 e. The summed E-state index contributed by atoms with van der Waals surface area (Å²) >= 11 is 0. The Hall–Kier alpha value is -1.88. The van der Waals surface area contributed by atoms with Gasteiger partial charge in [0.25, 0.3) is 0 Å². The van der Waals surface area contributed by atoms with Gasteiger partial charge in [0.1, 0.15) is 12.9 Å². The third-order valence-corrected chi connectivity index (χ3v) is 3.72. The molecule has 1 aliphatic rings. The van der Waals surface area contributed by atoms with Gasteiger partial charge in [0.2, 0.25) is 5.88 Å². The Morgan fingerprint density at radius 3 is 2.85 bits per heavy atom. The van der Waals surface area contributed by atoms with Crippen LogP contribution in [0.5, 0.6) is 5.88 Å². The quantitative estimate of drug-likeness (QED) is 0.863. The van der Waals surface area contributed by atoms with E-state index >= 15 is 0 Å². The maximum absolute atomic E-state index is 5.83. The summed E-state index contributed by atoms with van der Waals surface area (Å²) in [6, 6.07) is 5.61. The smallest absolute Gasteiger partial charge is 0.224 e. The molecule has 20 heavy (non-hydrogen) atoms. The van der Waals surface area contributed by atoms with Crippen LogP contribution >= 0.6 is 0 Å². The molecule has 0 atom stereocenters. The van der Waals surface area contributed by atoms with Crippen molar-refractivity contribution in [3.63, 3.8) is 0 Å². The van der Waals surface area contributed by atoms with E-state index in [0.717, 1.165) is 17.4 Å². The van der Waals surface area contributed by atoms with E-state index < -0.39 is 0 Å². The average molecular weight is 272 g/mol. The molecule has 0 saturated carbocycles. The predicted molar refractivity (Wildman–Crippen MR) is 79.7 cm³/mol. The van der Waals surface area contributed by atoms with Gasteiger partial charge in [-0.05, 0) is 44.1 Å². The fourth-order valence-electron chi connectivity index (χ4n) is 2.62. The van der Waals surface area contributed by atoms with Gasteiger partial charge in [-0.1, -0.05) is 6.42 Å². The summed E-state index contributed by atoms with van der Waals surface area (Å²) in [6.45, 7) is 3.99. The van der Waals surface area contributed by atoms with Crippen molar-refractivity contribution < 1.29 is 4.74 Å². The normalized spacial score (nSPS) is 16.4. The molecule has 0 spiro atoms. The SMILES string of the molecule is Nc1ccc2c(OCCN3CCCCC3)ncnc2c1. The summed E-state index contributed by atoms with van der Waals surface area (Å²) in [5, 5.41) is 0.917. The first-order valence-corrected chi connectivity index (χ1v) is 7.18. The number of hydrogen-bond donors (Lipinski definition) is 1. The van der Waals surface area contributed by atoms with Gasteiger partial charge in [-0.25, -0.2) is 9.97 Å². The van der Waals surface area contributed by atoms with E-state index in [0.29, 0.717) is 18.2 Å². The minimum absolute atomic E-state index is 0.645. The second-order valence-electron chi connectivity index (χ2n) is 5.21. The molecule has 0 unspecified atom stereocenters. The molecule has 2 heterocycles. The van der Waals surface area contributed by atoms with E-state index in [1.54, 1.807) is 0 Å². The van der Waals surface area contributed by atoms with Crippen molar-refractivity contribution >= 4 is 16.6 Å². The number of likely N-dealkylation sites (tertiary alicyclic amines) is 1. The number of piperidine rings is 1. The van der Waals surface area contributed by atoms with Crippen LogP contribution in [0.1, 0.15) is 19.3 Å². The first-order valence-electron chi connectivity index (χ1n) is 7.18. The molecule has 0 amide bonds. The highest BCUT2D eigenvalue weighted by Gasteiger charge is 2.10. The summed E-state index contributed by atoms with van der Waals surface area (Å²) in [5.41, 5.74) is 7.29. The third-order valence-electron chi connectivity index (χ3n) is 3.72. The predicted octanol–water partition coefficient (Wildman–Crippen LogP) is 2.08. The van der Waals surface area contributed by atoms with Crippen LogP contribution in [0, 0.1) is 0 Å². The van der Waals surface area contributed by atoms with Gasteiger partial charge in [0.15, 0.2) is 0 Å². The molecule has 2 N–H and O–H groups in total. The van der Waals surface area contributed by atoms with Crippen LogP contribution in [0.15, 0.2) is 24.5 Å². The summed E-state index contributed by atoms with van der Waals surface area (Å²) in [7, 11) is 0. The molecule has 0 bridgehead atoms. The molecular formula is C15H20N4O. The van der Waals surface area contributed by atoms with Gasteiger partial charge < -0.3 is 10.5 Å². The lowest BCUT2D eigenvalue weighted by Crippen LogP contribution is -2.33. The van der Waals surface area contributed by atoms with Crippen LogP contribution in [0.2, 0.25) is 0 Å². The summed E-state index contributed by atoms with van der Waals surface area (Å²) in [5.74, 6) is 0.645. The molecule has 1 aliphatic heterocycles. The Morgan fingerprint density at radius 1 is 1.15 bits per heavy atom. The molecule has 1 fully saturated rings. The average Bonchev–Trinajstić information content (AvgIpc) is 2.48. The Bertz CT molecular complexity index is 581. The van der Waals surface area contributed by atoms with E-state index in [-0.39, 0.29) is 0 Å². The summed E-state index contributed by atoms with van der Waals surface area (Å²) in [6.07, 6.45) is 5.48. The van der Waals surface area contributed by atoms with E-state index in [1.807, 2.05) is 18.2 Å². The molecule has 1 aromatic carbocycles. The number of nitrogens with two attached hydrogens (primary N) is 1. The number of ether oxygens (including phenoxy) is 1. The number of nitrogens with zero attached hydrogens (tertiary/aromatic N) is 3. The fraction of sp³-hybridized carbons (Fsp3) is 0.467. The van der Waals surface area contributed by atoms with Crippen molar-refractivity contribution in [2.45, 2.75) is 19.3 Å². The van der Waals surface area contributed by atoms with Crippen LogP contribution in [-0.2, 0) is 0 Å². The Balaban J connectivity index is 1.65. The fourth-order valence-corrected chi connectivity index (χ4v) is 2.62. The second-order valence-corrected chi connectivity index (χ2v) is 5.21. The van der Waals surface area contributed by atoms with Crippen molar-refractivity contribution in [2.24, 2.45) is 0 Å². The number of anilines is 1. The van der Waals surface area contributed by atoms with Gasteiger partial charge >= 0.3 is 0 Å². The molecule has 0 aliphatic carbocycles. The van der Waals surface area contributed by atoms with Gasteiger partial charge in [0.05, 0.1) is 10.9 Å². The molecule has 3 rings (SSSR count). The lowest BCUT2D eigenvalue weighted by molar-refractivity contribution is 0.181. The van der Waals surface area contributed by atoms with E-state index in [4.69, 9.17) is 10.5 Å². The lowest BCUT2D eigenvalue weighted by atomic mass is 10.1. The topological polar surface area (TPSA) is 64.3 Å². The molecule has 106 valence electrons. The van der Waals surface area contributed by atoms with Gasteiger partial charge in [0, 0.05) is 12.2 Å². The number of fused-ring (bicyclic) bond motifs is 1. The number of aromatic nitrogens is 2. The van der Waals surface area contributed by atoms with Crippen molar-refractivity contribution in [1.29, 1.82) is 0 Å².